The van der Waals surface area contributed by atoms with Crippen LogP contribution in [0.3, 0.4) is 0 Å². The van der Waals surface area contributed by atoms with E-state index in [2.05, 4.69) is 21.1 Å². The molecule has 0 N–H and O–H groups in total. The van der Waals surface area contributed by atoms with Crippen molar-refractivity contribution in [1.82, 2.24) is 0 Å². The van der Waals surface area contributed by atoms with Gasteiger partial charge in [-0.3, -0.25) is 10.1 Å². The average Bonchev–Trinajstić information content (AvgIpc) is 2.91. The molecular formula is C17H11BrN2O4. The minimum Gasteiger partial charge on any atom is -0.312 e. The van der Waals surface area contributed by atoms with Gasteiger partial charge in [0, 0.05) is 21.7 Å². The fourth-order valence-electron chi connectivity index (χ4n) is 2.30. The molecule has 0 saturated heterocycles. The van der Waals surface area contributed by atoms with Crippen molar-refractivity contribution >= 4 is 39.4 Å². The van der Waals surface area contributed by atoms with Gasteiger partial charge in [0.1, 0.15) is 5.71 Å². The molecule has 0 bridgehead atoms. The molecule has 2 aromatic rings. The molecule has 0 aliphatic carbocycles. The van der Waals surface area contributed by atoms with E-state index in [1.807, 2.05) is 24.3 Å². The number of aryl methyl sites for hydroxylation is 1. The van der Waals surface area contributed by atoms with E-state index < -0.39 is 10.9 Å². The van der Waals surface area contributed by atoms with Crippen LogP contribution in [0, 0.1) is 17.0 Å². The molecule has 0 unspecified atom stereocenters. The summed E-state index contributed by atoms with van der Waals surface area (Å²) >= 11 is 3.35. The predicted octanol–water partition coefficient (Wildman–Crippen LogP) is 4.01. The van der Waals surface area contributed by atoms with Crippen LogP contribution < -0.4 is 0 Å². The summed E-state index contributed by atoms with van der Waals surface area (Å²) in [5.74, 6) is -0.587. The lowest BCUT2D eigenvalue weighted by molar-refractivity contribution is -0.385. The summed E-state index contributed by atoms with van der Waals surface area (Å²) in [7, 11) is 0. The van der Waals surface area contributed by atoms with Crippen LogP contribution in [0.25, 0.3) is 6.08 Å². The maximum Gasteiger partial charge on any atom is 0.368 e. The molecule has 2 aromatic carbocycles. The van der Waals surface area contributed by atoms with Gasteiger partial charge in [0.2, 0.25) is 0 Å². The zero-order valence-corrected chi connectivity index (χ0v) is 14.1. The molecule has 1 heterocycles. The minimum absolute atomic E-state index is 0.0301. The number of hydrogen-bond donors (Lipinski definition) is 0. The quantitative estimate of drug-likeness (QED) is 0.345. The highest BCUT2D eigenvalue weighted by atomic mass is 79.9. The van der Waals surface area contributed by atoms with Crippen LogP contribution >= 0.6 is 15.9 Å². The first-order chi connectivity index (χ1) is 11.5. The van der Waals surface area contributed by atoms with Crippen molar-refractivity contribution in [1.29, 1.82) is 0 Å². The zero-order chi connectivity index (χ0) is 17.3. The first-order valence-electron chi connectivity index (χ1n) is 6.98. The van der Waals surface area contributed by atoms with Crippen molar-refractivity contribution in [3.05, 3.63) is 79.3 Å². The second-order valence-electron chi connectivity index (χ2n) is 5.19. The number of nitro benzene ring substituents is 1. The molecule has 0 spiro atoms. The highest BCUT2D eigenvalue weighted by Crippen LogP contribution is 2.25. The number of halogens is 1. The number of carbonyl (C=O) groups is 1. The van der Waals surface area contributed by atoms with Crippen molar-refractivity contribution in [2.75, 3.05) is 0 Å². The van der Waals surface area contributed by atoms with Crippen molar-refractivity contribution < 1.29 is 14.6 Å². The van der Waals surface area contributed by atoms with Crippen LogP contribution in [0.2, 0.25) is 0 Å². The SMILES string of the molecule is Cc1ccc(C2=NOC(=O)/C2=C\c2ccc(Br)cc2)cc1[N+](=O)[O-]. The van der Waals surface area contributed by atoms with Crippen molar-refractivity contribution in [3.8, 4) is 0 Å². The van der Waals surface area contributed by atoms with E-state index in [9.17, 15) is 14.9 Å². The summed E-state index contributed by atoms with van der Waals surface area (Å²) in [6.07, 6.45) is 1.65. The molecule has 0 radical (unpaired) electrons. The normalized spacial score (nSPS) is 15.3. The van der Waals surface area contributed by atoms with E-state index in [-0.39, 0.29) is 17.0 Å². The van der Waals surface area contributed by atoms with Gasteiger partial charge >= 0.3 is 5.97 Å². The van der Waals surface area contributed by atoms with Crippen LogP contribution in [-0.4, -0.2) is 16.6 Å². The average molecular weight is 387 g/mol. The van der Waals surface area contributed by atoms with E-state index in [1.54, 1.807) is 25.1 Å². The summed E-state index contributed by atoms with van der Waals surface area (Å²) in [4.78, 5) is 27.4. The molecule has 3 rings (SSSR count). The van der Waals surface area contributed by atoms with Gasteiger partial charge in [-0.1, -0.05) is 45.4 Å². The first kappa shape index (κ1) is 16.1. The van der Waals surface area contributed by atoms with Gasteiger partial charge < -0.3 is 4.84 Å². The number of oxime groups is 1. The molecule has 0 aromatic heterocycles. The zero-order valence-electron chi connectivity index (χ0n) is 12.5. The third-order valence-electron chi connectivity index (χ3n) is 3.56. The highest BCUT2D eigenvalue weighted by molar-refractivity contribution is 9.10. The van der Waals surface area contributed by atoms with E-state index >= 15 is 0 Å². The summed E-state index contributed by atoms with van der Waals surface area (Å²) in [6, 6.07) is 12.1. The number of nitrogens with zero attached hydrogens (tertiary/aromatic N) is 2. The van der Waals surface area contributed by atoms with Crippen molar-refractivity contribution in [2.45, 2.75) is 6.92 Å². The smallest absolute Gasteiger partial charge is 0.312 e. The van der Waals surface area contributed by atoms with Gasteiger partial charge in [-0.2, -0.15) is 0 Å². The summed E-state index contributed by atoms with van der Waals surface area (Å²) in [6.45, 7) is 1.65. The van der Waals surface area contributed by atoms with Gasteiger partial charge in [0.15, 0.2) is 0 Å². The lowest BCUT2D eigenvalue weighted by Crippen LogP contribution is -2.07. The highest BCUT2D eigenvalue weighted by Gasteiger charge is 2.28. The largest absolute Gasteiger partial charge is 0.368 e. The Morgan fingerprint density at radius 1 is 1.21 bits per heavy atom. The molecule has 0 amide bonds. The Labute approximate surface area is 145 Å². The van der Waals surface area contributed by atoms with Crippen LogP contribution in [0.15, 0.2) is 57.7 Å². The number of benzene rings is 2. The molecule has 6 nitrogen and oxygen atoms in total. The Balaban J connectivity index is 2.04. The standard InChI is InChI=1S/C17H11BrN2O4/c1-10-2-5-12(9-15(10)20(22)23)16-14(17(21)24-19-16)8-11-3-6-13(18)7-4-11/h2-9H,1H3/b14-8-. The Hall–Kier alpha value is -2.80. The molecule has 1 aliphatic heterocycles. The molecule has 0 saturated carbocycles. The monoisotopic (exact) mass is 386 g/mol. The fourth-order valence-corrected chi connectivity index (χ4v) is 2.56. The topological polar surface area (TPSA) is 81.8 Å². The third-order valence-corrected chi connectivity index (χ3v) is 4.08. The van der Waals surface area contributed by atoms with E-state index in [1.165, 1.54) is 6.07 Å². The molecular weight excluding hydrogens is 376 g/mol. The van der Waals surface area contributed by atoms with E-state index in [4.69, 9.17) is 4.84 Å². The maximum atomic E-state index is 12.0. The Morgan fingerprint density at radius 2 is 1.92 bits per heavy atom. The second-order valence-corrected chi connectivity index (χ2v) is 6.10. The van der Waals surface area contributed by atoms with Gasteiger partial charge in [0.25, 0.3) is 5.69 Å². The van der Waals surface area contributed by atoms with Gasteiger partial charge in [-0.25, -0.2) is 4.79 Å². The molecule has 0 atom stereocenters. The van der Waals surface area contributed by atoms with E-state index in [0.717, 1.165) is 10.0 Å². The summed E-state index contributed by atoms with van der Waals surface area (Å²) < 4.78 is 0.918. The minimum atomic E-state index is -0.587. The lowest BCUT2D eigenvalue weighted by atomic mass is 9.99. The van der Waals surface area contributed by atoms with Crippen LogP contribution in [0.5, 0.6) is 0 Å². The number of carbonyl (C=O) groups excluding carboxylic acids is 1. The van der Waals surface area contributed by atoms with Crippen LogP contribution in [0.1, 0.15) is 16.7 Å². The summed E-state index contributed by atoms with van der Waals surface area (Å²) in [5, 5.41) is 14.9. The Kier molecular flexibility index (Phi) is 4.26. The summed E-state index contributed by atoms with van der Waals surface area (Å²) in [5.41, 5.74) is 2.30. The van der Waals surface area contributed by atoms with Gasteiger partial charge in [-0.05, 0) is 30.7 Å². The van der Waals surface area contributed by atoms with Crippen LogP contribution in [0.4, 0.5) is 5.69 Å². The van der Waals surface area contributed by atoms with E-state index in [0.29, 0.717) is 11.1 Å². The Morgan fingerprint density at radius 3 is 2.58 bits per heavy atom. The van der Waals surface area contributed by atoms with Crippen molar-refractivity contribution in [3.63, 3.8) is 0 Å². The maximum absolute atomic E-state index is 12.0. The number of rotatable bonds is 3. The number of nitro groups is 1. The molecule has 24 heavy (non-hydrogen) atoms. The molecule has 0 fully saturated rings. The first-order valence-corrected chi connectivity index (χ1v) is 7.77. The van der Waals surface area contributed by atoms with Gasteiger partial charge in [0.05, 0.1) is 10.5 Å². The Bertz CT molecular complexity index is 901. The van der Waals surface area contributed by atoms with Gasteiger partial charge in [-0.15, -0.1) is 0 Å². The second kappa shape index (κ2) is 6.37. The predicted molar refractivity (Wildman–Crippen MR) is 92.6 cm³/mol. The van der Waals surface area contributed by atoms with Crippen LogP contribution in [-0.2, 0) is 9.63 Å². The van der Waals surface area contributed by atoms with Crippen molar-refractivity contribution in [2.24, 2.45) is 5.16 Å². The third kappa shape index (κ3) is 3.11. The fraction of sp³-hybridized carbons (Fsp3) is 0.0588. The molecule has 7 heteroatoms. The lowest BCUT2D eigenvalue weighted by Gasteiger charge is -2.03. The molecule has 1 aliphatic rings. The number of hydrogen-bond acceptors (Lipinski definition) is 5. The molecule has 120 valence electrons.